The molecular weight excluding hydrogens is 469 g/mol. The molecule has 3 heterocycles. The molecule has 0 N–H and O–H groups in total. The Balaban J connectivity index is 2.13. The summed E-state index contributed by atoms with van der Waals surface area (Å²) >= 11 is 0.140. The van der Waals surface area contributed by atoms with Gasteiger partial charge in [-0.1, -0.05) is 18.3 Å². The molecule has 3 aromatic heterocycles. The van der Waals surface area contributed by atoms with Crippen LogP contribution in [0.1, 0.15) is 28.1 Å². The maximum atomic E-state index is 12.9. The summed E-state index contributed by atoms with van der Waals surface area (Å²) in [5, 5.41) is 10.9. The molecule has 0 aliphatic carbocycles. The molecular formula is C18H13F3N6O3S2. The van der Waals surface area contributed by atoms with Crippen LogP contribution in [-0.2, 0) is 23.1 Å². The largest absolute Gasteiger partial charge is 0.445 e. The molecule has 0 saturated carbocycles. The first-order valence-corrected chi connectivity index (χ1v) is 11.2. The zero-order valence-corrected chi connectivity index (χ0v) is 18.1. The van der Waals surface area contributed by atoms with Crippen molar-refractivity contribution in [2.24, 2.45) is 12.0 Å². The summed E-state index contributed by atoms with van der Waals surface area (Å²) in [6, 6.07) is 6.04. The van der Waals surface area contributed by atoms with E-state index in [1.54, 1.807) is 0 Å². The van der Waals surface area contributed by atoms with Crippen molar-refractivity contribution >= 4 is 27.1 Å². The molecule has 0 spiro atoms. The van der Waals surface area contributed by atoms with Crippen molar-refractivity contribution in [3.63, 3.8) is 0 Å². The summed E-state index contributed by atoms with van der Waals surface area (Å²) in [7, 11) is -2.78. The number of carbonyl (C=O) groups excluding carboxylic acids is 1. The first kappa shape index (κ1) is 23.2. The van der Waals surface area contributed by atoms with Gasteiger partial charge in [0.05, 0.1) is 10.6 Å². The fraction of sp³-hybridized carbons (Fsp3) is 0.222. The lowest BCUT2D eigenvalue weighted by atomic mass is 10.1. The van der Waals surface area contributed by atoms with Gasteiger partial charge in [0.1, 0.15) is 17.5 Å². The molecule has 14 heteroatoms. The van der Waals surface area contributed by atoms with Crippen LogP contribution in [0.15, 0.2) is 40.5 Å². The Morgan fingerprint density at radius 3 is 2.47 bits per heavy atom. The summed E-state index contributed by atoms with van der Waals surface area (Å²) in [5.74, 6) is -1.48. The van der Waals surface area contributed by atoms with Crippen LogP contribution in [0.5, 0.6) is 0 Å². The Hall–Kier alpha value is -3.44. The van der Waals surface area contributed by atoms with E-state index in [2.05, 4.69) is 20.1 Å². The summed E-state index contributed by atoms with van der Waals surface area (Å²) in [5.41, 5.74) is 0.389. The van der Waals surface area contributed by atoms with Gasteiger partial charge in [0, 0.05) is 30.6 Å². The van der Waals surface area contributed by atoms with Crippen molar-refractivity contribution in [3.8, 4) is 17.2 Å². The summed E-state index contributed by atoms with van der Waals surface area (Å²) in [6.45, 7) is 1.37. The van der Waals surface area contributed by atoms with Crippen LogP contribution in [-0.4, -0.2) is 39.8 Å². The number of aryl methyl sites for hydroxylation is 1. The highest BCUT2D eigenvalue weighted by molar-refractivity contribution is 7.91. The first-order valence-electron chi connectivity index (χ1n) is 8.76. The highest BCUT2D eigenvalue weighted by Gasteiger charge is 2.35. The Labute approximate surface area is 183 Å². The number of carbonyl (C=O) groups is 1. The molecule has 3 rings (SSSR count). The fourth-order valence-corrected chi connectivity index (χ4v) is 4.29. The smallest absolute Gasteiger partial charge is 0.265 e. The molecule has 1 amide bonds. The van der Waals surface area contributed by atoms with Crippen LogP contribution in [0, 0.1) is 11.3 Å². The Morgan fingerprint density at radius 2 is 1.94 bits per heavy atom. The highest BCUT2D eigenvalue weighted by atomic mass is 32.2. The minimum atomic E-state index is -4.72. The van der Waals surface area contributed by atoms with Gasteiger partial charge in [-0.2, -0.15) is 28.5 Å². The molecule has 0 saturated heterocycles. The molecule has 0 atom stereocenters. The number of hydrogen-bond acceptors (Lipinski definition) is 8. The second kappa shape index (κ2) is 8.60. The van der Waals surface area contributed by atoms with Crippen molar-refractivity contribution in [2.75, 3.05) is 5.75 Å². The number of sulfone groups is 1. The van der Waals surface area contributed by atoms with E-state index in [0.717, 1.165) is 4.68 Å². The molecule has 0 radical (unpaired) electrons. The van der Waals surface area contributed by atoms with Gasteiger partial charge < -0.3 is 0 Å². The maximum absolute atomic E-state index is 12.9. The van der Waals surface area contributed by atoms with E-state index in [4.69, 9.17) is 5.26 Å². The molecule has 3 aromatic rings. The predicted molar refractivity (Wildman–Crippen MR) is 106 cm³/mol. The third-order valence-corrected chi connectivity index (χ3v) is 6.91. The number of nitriles is 1. The number of rotatable bonds is 4. The molecule has 0 aliphatic rings. The van der Waals surface area contributed by atoms with Gasteiger partial charge in [-0.15, -0.1) is 0 Å². The standard InChI is InChI=1S/C18H13F3N6O3S2/c1-3-32(29,30)13-6-11(10-4-5-12(7-22)23-8-10)9-24-14(13)15(28)25-17-27(2)26-16(31-17)18(19,20)21/h4-6,8-9H,3H2,1-2H3. The van der Waals surface area contributed by atoms with Gasteiger partial charge in [0.2, 0.25) is 9.81 Å². The normalized spacial score (nSPS) is 12.6. The number of nitrogens with zero attached hydrogens (tertiary/aromatic N) is 6. The van der Waals surface area contributed by atoms with Crippen LogP contribution >= 0.6 is 11.3 Å². The minimum absolute atomic E-state index is 0.140. The maximum Gasteiger partial charge on any atom is 0.445 e. The lowest BCUT2D eigenvalue weighted by Crippen LogP contribution is -2.18. The van der Waals surface area contributed by atoms with E-state index in [9.17, 15) is 26.4 Å². The number of pyridine rings is 2. The summed E-state index contributed by atoms with van der Waals surface area (Å²) < 4.78 is 64.6. The van der Waals surface area contributed by atoms with E-state index in [-0.39, 0.29) is 27.6 Å². The molecule has 9 nitrogen and oxygen atoms in total. The molecule has 166 valence electrons. The van der Waals surface area contributed by atoms with Crippen LogP contribution in [0.2, 0.25) is 0 Å². The van der Waals surface area contributed by atoms with Crippen molar-refractivity contribution in [3.05, 3.63) is 51.8 Å². The fourth-order valence-electron chi connectivity index (χ4n) is 2.49. The topological polar surface area (TPSA) is 131 Å². The number of halogens is 3. The molecule has 32 heavy (non-hydrogen) atoms. The number of hydrogen-bond donors (Lipinski definition) is 0. The highest BCUT2D eigenvalue weighted by Crippen LogP contribution is 2.29. The van der Waals surface area contributed by atoms with E-state index in [0.29, 0.717) is 11.1 Å². The van der Waals surface area contributed by atoms with E-state index in [1.165, 1.54) is 44.6 Å². The van der Waals surface area contributed by atoms with Crippen molar-refractivity contribution in [1.82, 2.24) is 19.7 Å². The van der Waals surface area contributed by atoms with Crippen molar-refractivity contribution in [1.29, 1.82) is 5.26 Å². The van der Waals surface area contributed by atoms with E-state index >= 15 is 0 Å². The Bertz CT molecular complexity index is 1400. The molecule has 0 fully saturated rings. The van der Waals surface area contributed by atoms with Crippen LogP contribution < -0.4 is 4.80 Å². The quantitative estimate of drug-likeness (QED) is 0.558. The Morgan fingerprint density at radius 1 is 1.25 bits per heavy atom. The zero-order chi connectivity index (χ0) is 23.7. The third-order valence-electron chi connectivity index (χ3n) is 4.13. The number of amides is 1. The van der Waals surface area contributed by atoms with Gasteiger partial charge in [0.25, 0.3) is 5.91 Å². The zero-order valence-electron chi connectivity index (χ0n) is 16.5. The minimum Gasteiger partial charge on any atom is -0.265 e. The second-order valence-electron chi connectivity index (χ2n) is 6.25. The van der Waals surface area contributed by atoms with Gasteiger partial charge in [0.15, 0.2) is 9.84 Å². The SMILES string of the molecule is CCS(=O)(=O)c1cc(-c2ccc(C#N)nc2)cnc1C(=O)N=c1sc(C(F)(F)F)nn1C. The summed E-state index contributed by atoms with van der Waals surface area (Å²) in [6.07, 6.45) is -2.15. The van der Waals surface area contributed by atoms with Crippen molar-refractivity contribution < 1.29 is 26.4 Å². The number of aromatic nitrogens is 4. The average Bonchev–Trinajstić information content (AvgIpc) is 3.14. The lowest BCUT2D eigenvalue weighted by Gasteiger charge is -2.09. The summed E-state index contributed by atoms with van der Waals surface area (Å²) in [4.78, 5) is 23.3. The molecule has 0 unspecified atom stereocenters. The average molecular weight is 482 g/mol. The first-order chi connectivity index (χ1) is 15.0. The Kier molecular flexibility index (Phi) is 6.24. The molecule has 0 bridgehead atoms. The van der Waals surface area contributed by atoms with Crippen LogP contribution in [0.3, 0.4) is 0 Å². The monoisotopic (exact) mass is 482 g/mol. The van der Waals surface area contributed by atoms with Crippen molar-refractivity contribution in [2.45, 2.75) is 18.0 Å². The molecule has 0 aliphatic heterocycles. The van der Waals surface area contributed by atoms with Gasteiger partial charge >= 0.3 is 6.18 Å². The predicted octanol–water partition coefficient (Wildman–Crippen LogP) is 2.36. The number of alkyl halides is 3. The van der Waals surface area contributed by atoms with E-state index < -0.39 is 37.5 Å². The van der Waals surface area contributed by atoms with Gasteiger partial charge in [-0.05, 0) is 18.2 Å². The third kappa shape index (κ3) is 4.73. The second-order valence-corrected chi connectivity index (χ2v) is 9.45. The van der Waals surface area contributed by atoms with Gasteiger partial charge in [-0.3, -0.25) is 4.79 Å². The van der Waals surface area contributed by atoms with E-state index in [1.807, 2.05) is 6.07 Å². The molecule has 0 aromatic carbocycles. The van der Waals surface area contributed by atoms with Crippen LogP contribution in [0.25, 0.3) is 11.1 Å². The lowest BCUT2D eigenvalue weighted by molar-refractivity contribution is -0.138. The van der Waals surface area contributed by atoms with Crippen LogP contribution in [0.4, 0.5) is 13.2 Å². The van der Waals surface area contributed by atoms with Gasteiger partial charge in [-0.25, -0.2) is 23.1 Å².